The first-order chi connectivity index (χ1) is 19.9. The second kappa shape index (κ2) is 13.6. The van der Waals surface area contributed by atoms with E-state index in [0.29, 0.717) is 31.8 Å². The number of anilines is 3. The normalized spacial score (nSPS) is 18.1. The van der Waals surface area contributed by atoms with Gasteiger partial charge in [-0.05, 0) is 61.9 Å². The lowest BCUT2D eigenvalue weighted by Gasteiger charge is -2.28. The fourth-order valence-electron chi connectivity index (χ4n) is 5.19. The van der Waals surface area contributed by atoms with Crippen LogP contribution in [0.25, 0.3) is 11.3 Å². The Hall–Kier alpha value is -3.95. The van der Waals surface area contributed by atoms with Crippen LogP contribution >= 0.6 is 0 Å². The van der Waals surface area contributed by atoms with Crippen molar-refractivity contribution in [2.24, 2.45) is 0 Å². The third-order valence-corrected chi connectivity index (χ3v) is 7.68. The Morgan fingerprint density at radius 2 is 2.02 bits per heavy atom. The minimum absolute atomic E-state index is 0.160. The van der Waals surface area contributed by atoms with Crippen molar-refractivity contribution in [2.75, 3.05) is 63.7 Å². The van der Waals surface area contributed by atoms with Crippen molar-refractivity contribution in [2.45, 2.75) is 32.4 Å². The van der Waals surface area contributed by atoms with Crippen molar-refractivity contribution in [1.29, 1.82) is 0 Å². The number of aromatic nitrogens is 2. The molecule has 41 heavy (non-hydrogen) atoms. The van der Waals surface area contributed by atoms with Crippen LogP contribution in [0.1, 0.15) is 25.3 Å². The number of rotatable bonds is 5. The molecule has 0 radical (unpaired) electrons. The number of nitrogens with zero attached hydrogens (tertiary/aromatic N) is 5. The van der Waals surface area contributed by atoms with Crippen LogP contribution in [-0.2, 0) is 16.1 Å². The lowest BCUT2D eigenvalue weighted by atomic mass is 10.1. The summed E-state index contributed by atoms with van der Waals surface area (Å²) in [6.07, 6.45) is 7.74. The van der Waals surface area contributed by atoms with Crippen molar-refractivity contribution in [1.82, 2.24) is 19.8 Å². The van der Waals surface area contributed by atoms with Crippen molar-refractivity contribution >= 4 is 23.2 Å². The Kier molecular flexibility index (Phi) is 9.48. The van der Waals surface area contributed by atoms with Crippen LogP contribution in [0.2, 0.25) is 0 Å². The van der Waals surface area contributed by atoms with E-state index in [4.69, 9.17) is 14.5 Å². The number of likely N-dealkylation sites (N-methyl/N-ethyl adjacent to an activating group) is 2. The van der Waals surface area contributed by atoms with Gasteiger partial charge in [0.15, 0.2) is 0 Å². The number of amides is 1. The Labute approximate surface area is 242 Å². The molecule has 0 saturated carbocycles. The molecular formula is C32H40N6O3. The monoisotopic (exact) mass is 556 g/mol. The van der Waals surface area contributed by atoms with Gasteiger partial charge in [-0.1, -0.05) is 24.3 Å². The average molecular weight is 557 g/mol. The number of ether oxygens (including phenoxy) is 2. The first-order valence-corrected chi connectivity index (χ1v) is 14.3. The number of fused-ring (bicyclic) bond motifs is 7. The van der Waals surface area contributed by atoms with Crippen molar-refractivity contribution < 1.29 is 14.3 Å². The highest BCUT2D eigenvalue weighted by atomic mass is 16.5. The number of benzene rings is 2. The van der Waals surface area contributed by atoms with Crippen LogP contribution in [0.5, 0.6) is 5.75 Å². The van der Waals surface area contributed by atoms with E-state index in [1.54, 1.807) is 13.1 Å². The topological polar surface area (TPSA) is 83.1 Å². The van der Waals surface area contributed by atoms with E-state index in [1.165, 1.54) is 0 Å². The number of hydrogen-bond acceptors (Lipinski definition) is 8. The number of hydrogen-bond donors (Lipinski definition) is 1. The van der Waals surface area contributed by atoms with E-state index < -0.39 is 0 Å². The molecule has 9 heteroatoms. The highest BCUT2D eigenvalue weighted by molar-refractivity contribution is 5.73. The van der Waals surface area contributed by atoms with Crippen LogP contribution in [-0.4, -0.2) is 85.2 Å². The van der Waals surface area contributed by atoms with Gasteiger partial charge in [0.2, 0.25) is 11.9 Å². The van der Waals surface area contributed by atoms with Gasteiger partial charge in [-0.2, -0.15) is 0 Å². The molecule has 1 amide bonds. The smallest absolute Gasteiger partial charge is 0.227 e. The number of likely N-dealkylation sites (tertiary alicyclic amines) is 1. The predicted molar refractivity (Wildman–Crippen MR) is 163 cm³/mol. The highest BCUT2D eigenvalue weighted by Gasteiger charge is 2.27. The summed E-state index contributed by atoms with van der Waals surface area (Å²) in [5.74, 6) is 1.50. The quantitative estimate of drug-likeness (QED) is 0.452. The summed E-state index contributed by atoms with van der Waals surface area (Å²) in [5, 5.41) is 3.42. The maximum Gasteiger partial charge on any atom is 0.227 e. The van der Waals surface area contributed by atoms with Crippen LogP contribution in [0.15, 0.2) is 66.9 Å². The molecule has 9 nitrogen and oxygen atoms in total. The van der Waals surface area contributed by atoms with E-state index in [1.807, 2.05) is 41.3 Å². The number of carbonyl (C=O) groups is 1. The minimum atomic E-state index is 0.160. The van der Waals surface area contributed by atoms with E-state index in [9.17, 15) is 4.79 Å². The molecule has 2 aliphatic rings. The van der Waals surface area contributed by atoms with Gasteiger partial charge in [-0.3, -0.25) is 9.69 Å². The number of carbonyl (C=O) groups excluding carboxylic acids is 1. The van der Waals surface area contributed by atoms with Gasteiger partial charge in [0.25, 0.3) is 0 Å². The molecule has 2 aromatic carbocycles. The molecule has 1 saturated heterocycles. The molecular weight excluding hydrogens is 516 g/mol. The van der Waals surface area contributed by atoms with Crippen molar-refractivity contribution in [3.8, 4) is 17.0 Å². The fraction of sp³-hybridized carbons (Fsp3) is 0.406. The third-order valence-electron chi connectivity index (χ3n) is 7.68. The molecule has 6 bridgehead atoms. The SMILES string of the molecule is CC(=O)N1CCC(N(C)CCN(C)c2cc3cc(c2)Nc2nccc(n2)-c2cccc(c2)OCC/C=C/COC3)C1. The van der Waals surface area contributed by atoms with Crippen LogP contribution in [0.4, 0.5) is 17.3 Å². The fourth-order valence-corrected chi connectivity index (χ4v) is 5.19. The lowest BCUT2D eigenvalue weighted by molar-refractivity contribution is -0.127. The minimum Gasteiger partial charge on any atom is -0.493 e. The zero-order chi connectivity index (χ0) is 28.6. The second-order valence-electron chi connectivity index (χ2n) is 10.7. The van der Waals surface area contributed by atoms with Crippen molar-refractivity contribution in [3.63, 3.8) is 0 Å². The molecule has 216 valence electrons. The Morgan fingerprint density at radius 3 is 2.88 bits per heavy atom. The van der Waals surface area contributed by atoms with Crippen LogP contribution in [0, 0.1) is 0 Å². The highest BCUT2D eigenvalue weighted by Crippen LogP contribution is 2.27. The first kappa shape index (κ1) is 28.6. The van der Waals surface area contributed by atoms with Crippen LogP contribution < -0.4 is 15.0 Å². The van der Waals surface area contributed by atoms with E-state index in [-0.39, 0.29) is 5.91 Å². The first-order valence-electron chi connectivity index (χ1n) is 14.3. The van der Waals surface area contributed by atoms with E-state index in [0.717, 1.165) is 73.0 Å². The van der Waals surface area contributed by atoms with E-state index >= 15 is 0 Å². The largest absolute Gasteiger partial charge is 0.493 e. The molecule has 1 atom stereocenters. The molecule has 1 N–H and O–H groups in total. The summed E-state index contributed by atoms with van der Waals surface area (Å²) in [5.41, 5.74) is 4.86. The summed E-state index contributed by atoms with van der Waals surface area (Å²) >= 11 is 0. The summed E-state index contributed by atoms with van der Waals surface area (Å²) in [4.78, 5) is 27.6. The molecule has 1 aromatic heterocycles. The lowest BCUT2D eigenvalue weighted by Crippen LogP contribution is -2.39. The summed E-state index contributed by atoms with van der Waals surface area (Å²) in [6, 6.07) is 16.7. The summed E-state index contributed by atoms with van der Waals surface area (Å²) in [7, 11) is 4.26. The average Bonchev–Trinajstić information content (AvgIpc) is 3.48. The van der Waals surface area contributed by atoms with Crippen LogP contribution in [0.3, 0.4) is 0 Å². The van der Waals surface area contributed by atoms with Gasteiger partial charge in [0, 0.05) is 69.3 Å². The third kappa shape index (κ3) is 7.83. The van der Waals surface area contributed by atoms with Gasteiger partial charge >= 0.3 is 0 Å². The van der Waals surface area contributed by atoms with Crippen molar-refractivity contribution in [3.05, 3.63) is 72.4 Å². The predicted octanol–water partition coefficient (Wildman–Crippen LogP) is 4.73. The standard InChI is InChI=1S/C32H40N6O3/c1-24(39)38-13-11-28(22-38)36(2)14-15-37(3)29-19-25-18-27(21-29)34-32-33-12-10-31(35-32)26-8-7-9-30(20-26)41-17-6-4-5-16-40-23-25/h4-5,7-10,12,18-21,28H,6,11,13-17,22-23H2,1-3H3,(H,33,34,35)/b5-4+. The molecule has 0 aliphatic carbocycles. The number of nitrogens with one attached hydrogen (secondary N) is 1. The molecule has 3 aromatic rings. The summed E-state index contributed by atoms with van der Waals surface area (Å²) < 4.78 is 11.9. The Balaban J connectivity index is 1.34. The van der Waals surface area contributed by atoms with Gasteiger partial charge in [-0.25, -0.2) is 9.97 Å². The van der Waals surface area contributed by atoms with Gasteiger partial charge in [0.05, 0.1) is 25.5 Å². The molecule has 3 heterocycles. The van der Waals surface area contributed by atoms with Gasteiger partial charge in [0.1, 0.15) is 5.75 Å². The van der Waals surface area contributed by atoms with Gasteiger partial charge < -0.3 is 24.6 Å². The molecule has 2 aliphatic heterocycles. The molecule has 5 rings (SSSR count). The molecule has 1 unspecified atom stereocenters. The molecule has 0 spiro atoms. The van der Waals surface area contributed by atoms with E-state index in [2.05, 4.69) is 58.5 Å². The maximum atomic E-state index is 11.8. The molecule has 1 fully saturated rings. The maximum absolute atomic E-state index is 11.8. The summed E-state index contributed by atoms with van der Waals surface area (Å²) in [6.45, 7) is 6.67. The Bertz CT molecular complexity index is 1360. The zero-order valence-electron chi connectivity index (χ0n) is 24.3. The zero-order valence-corrected chi connectivity index (χ0v) is 24.3. The Morgan fingerprint density at radius 1 is 1.12 bits per heavy atom. The van der Waals surface area contributed by atoms with Gasteiger partial charge in [-0.15, -0.1) is 0 Å². The second-order valence-corrected chi connectivity index (χ2v) is 10.7.